The second-order valence-corrected chi connectivity index (χ2v) is 7.97. The lowest BCUT2D eigenvalue weighted by atomic mass is 9.85. The summed E-state index contributed by atoms with van der Waals surface area (Å²) in [6.45, 7) is 6.83. The molecule has 2 heteroatoms. The summed E-state index contributed by atoms with van der Waals surface area (Å²) in [5, 5.41) is 4.99. The molecular formula is C23H21NO. The molecule has 0 N–H and O–H groups in total. The molecule has 0 atom stereocenters. The Hall–Kier alpha value is -2.74. The lowest BCUT2D eigenvalue weighted by Gasteiger charge is -2.21. The number of nitrogens with zero attached hydrogens (tertiary/aromatic N) is 1. The summed E-state index contributed by atoms with van der Waals surface area (Å²) in [7, 11) is 2.16. The SMILES string of the molecule is Cn1c2cc3oc4ccccc4c3cc2c2cccc(C(C)(C)C)c21. The maximum absolute atomic E-state index is 6.10. The molecule has 0 aliphatic carbocycles. The Labute approximate surface area is 146 Å². The van der Waals surface area contributed by atoms with Gasteiger partial charge < -0.3 is 8.98 Å². The van der Waals surface area contributed by atoms with Crippen LogP contribution in [0.25, 0.3) is 43.7 Å². The topological polar surface area (TPSA) is 18.1 Å². The number of aryl methyl sites for hydroxylation is 1. The van der Waals surface area contributed by atoms with E-state index in [1.165, 1.54) is 38.1 Å². The fraction of sp³-hybridized carbons (Fsp3) is 0.217. The molecule has 0 saturated heterocycles. The minimum Gasteiger partial charge on any atom is -0.456 e. The summed E-state index contributed by atoms with van der Waals surface area (Å²) in [5.74, 6) is 0. The first-order valence-electron chi connectivity index (χ1n) is 8.78. The van der Waals surface area contributed by atoms with Crippen LogP contribution in [0, 0.1) is 0 Å². The average molecular weight is 327 g/mol. The van der Waals surface area contributed by atoms with Crippen LogP contribution in [0.4, 0.5) is 0 Å². The third kappa shape index (κ3) is 1.91. The van der Waals surface area contributed by atoms with E-state index < -0.39 is 0 Å². The first-order valence-corrected chi connectivity index (χ1v) is 8.78. The summed E-state index contributed by atoms with van der Waals surface area (Å²) in [5.41, 5.74) is 5.93. The fourth-order valence-electron chi connectivity index (χ4n) is 4.10. The maximum atomic E-state index is 6.10. The van der Waals surface area contributed by atoms with Gasteiger partial charge in [0.05, 0.1) is 11.0 Å². The van der Waals surface area contributed by atoms with Gasteiger partial charge in [-0.15, -0.1) is 0 Å². The molecule has 0 saturated carbocycles. The van der Waals surface area contributed by atoms with E-state index in [4.69, 9.17) is 4.42 Å². The molecule has 2 heterocycles. The van der Waals surface area contributed by atoms with Gasteiger partial charge in [0.15, 0.2) is 0 Å². The van der Waals surface area contributed by atoms with Gasteiger partial charge in [-0.25, -0.2) is 0 Å². The highest BCUT2D eigenvalue weighted by atomic mass is 16.3. The molecule has 5 rings (SSSR count). The van der Waals surface area contributed by atoms with Gasteiger partial charge in [0, 0.05) is 34.7 Å². The Kier molecular flexibility index (Phi) is 2.72. The molecule has 124 valence electrons. The van der Waals surface area contributed by atoms with Gasteiger partial charge in [0.1, 0.15) is 11.2 Å². The molecule has 2 aromatic heterocycles. The molecule has 0 aliphatic heterocycles. The summed E-state index contributed by atoms with van der Waals surface area (Å²) in [6.07, 6.45) is 0. The van der Waals surface area contributed by atoms with Gasteiger partial charge in [0.25, 0.3) is 0 Å². The van der Waals surface area contributed by atoms with Crippen LogP contribution in [0.5, 0.6) is 0 Å². The number of para-hydroxylation sites is 2. The zero-order valence-electron chi connectivity index (χ0n) is 15.1. The van der Waals surface area contributed by atoms with Crippen LogP contribution in [0.15, 0.2) is 59.0 Å². The lowest BCUT2D eigenvalue weighted by molar-refractivity contribution is 0.593. The van der Waals surface area contributed by atoms with E-state index in [0.717, 1.165) is 11.2 Å². The fourth-order valence-corrected chi connectivity index (χ4v) is 4.10. The predicted molar refractivity (Wildman–Crippen MR) is 106 cm³/mol. The van der Waals surface area contributed by atoms with E-state index in [1.807, 2.05) is 12.1 Å². The Morgan fingerprint density at radius 1 is 0.760 bits per heavy atom. The number of rotatable bonds is 0. The first-order chi connectivity index (χ1) is 11.9. The van der Waals surface area contributed by atoms with Crippen LogP contribution in [0.3, 0.4) is 0 Å². The molecule has 2 nitrogen and oxygen atoms in total. The van der Waals surface area contributed by atoms with Crippen LogP contribution < -0.4 is 0 Å². The number of hydrogen-bond donors (Lipinski definition) is 0. The van der Waals surface area contributed by atoms with Crippen molar-refractivity contribution in [2.45, 2.75) is 26.2 Å². The van der Waals surface area contributed by atoms with Crippen LogP contribution in [-0.4, -0.2) is 4.57 Å². The molecule has 5 aromatic rings. The summed E-state index contributed by atoms with van der Waals surface area (Å²) in [6, 6.07) is 19.4. The van der Waals surface area contributed by atoms with Crippen molar-refractivity contribution in [3.8, 4) is 0 Å². The molecular weight excluding hydrogens is 306 g/mol. The second-order valence-electron chi connectivity index (χ2n) is 7.97. The van der Waals surface area contributed by atoms with E-state index in [9.17, 15) is 0 Å². The van der Waals surface area contributed by atoms with E-state index in [-0.39, 0.29) is 5.41 Å². The normalized spacial score (nSPS) is 12.8. The highest BCUT2D eigenvalue weighted by Gasteiger charge is 2.21. The van der Waals surface area contributed by atoms with Gasteiger partial charge in [-0.05, 0) is 23.1 Å². The number of furan rings is 1. The third-order valence-electron chi connectivity index (χ3n) is 5.33. The summed E-state index contributed by atoms with van der Waals surface area (Å²) in [4.78, 5) is 0. The van der Waals surface area contributed by atoms with Gasteiger partial charge in [0.2, 0.25) is 0 Å². The van der Waals surface area contributed by atoms with Crippen molar-refractivity contribution in [1.82, 2.24) is 4.57 Å². The zero-order chi connectivity index (χ0) is 17.3. The minimum absolute atomic E-state index is 0.105. The molecule has 0 unspecified atom stereocenters. The summed E-state index contributed by atoms with van der Waals surface area (Å²) < 4.78 is 8.41. The Balaban J connectivity index is 2.00. The number of benzene rings is 3. The molecule has 0 aliphatic rings. The quantitative estimate of drug-likeness (QED) is 0.316. The van der Waals surface area contributed by atoms with E-state index >= 15 is 0 Å². The predicted octanol–water partition coefficient (Wildman–Crippen LogP) is 6.53. The molecule has 0 bridgehead atoms. The maximum Gasteiger partial charge on any atom is 0.137 e. The van der Waals surface area contributed by atoms with Gasteiger partial charge in [-0.2, -0.15) is 0 Å². The summed E-state index contributed by atoms with van der Waals surface area (Å²) >= 11 is 0. The smallest absolute Gasteiger partial charge is 0.137 e. The molecule has 0 radical (unpaired) electrons. The molecule has 3 aromatic carbocycles. The van der Waals surface area contributed by atoms with E-state index in [0.29, 0.717) is 0 Å². The van der Waals surface area contributed by atoms with Gasteiger partial charge in [-0.1, -0.05) is 57.2 Å². The molecule has 0 spiro atoms. The minimum atomic E-state index is 0.105. The first kappa shape index (κ1) is 14.6. The van der Waals surface area contributed by atoms with Crippen LogP contribution in [-0.2, 0) is 12.5 Å². The van der Waals surface area contributed by atoms with Crippen molar-refractivity contribution in [1.29, 1.82) is 0 Å². The highest BCUT2D eigenvalue weighted by Crippen LogP contribution is 2.39. The van der Waals surface area contributed by atoms with E-state index in [1.54, 1.807) is 0 Å². The third-order valence-corrected chi connectivity index (χ3v) is 5.33. The Morgan fingerprint density at radius 2 is 1.52 bits per heavy atom. The van der Waals surface area contributed by atoms with Crippen LogP contribution in [0.2, 0.25) is 0 Å². The number of aromatic nitrogens is 1. The van der Waals surface area contributed by atoms with Crippen molar-refractivity contribution in [2.75, 3.05) is 0 Å². The van der Waals surface area contributed by atoms with Gasteiger partial charge >= 0.3 is 0 Å². The van der Waals surface area contributed by atoms with Crippen LogP contribution >= 0.6 is 0 Å². The number of hydrogen-bond acceptors (Lipinski definition) is 1. The largest absolute Gasteiger partial charge is 0.456 e. The van der Waals surface area contributed by atoms with Crippen molar-refractivity contribution in [3.05, 3.63) is 60.2 Å². The molecule has 25 heavy (non-hydrogen) atoms. The average Bonchev–Trinajstić information content (AvgIpc) is 3.08. The van der Waals surface area contributed by atoms with Crippen molar-refractivity contribution in [3.63, 3.8) is 0 Å². The lowest BCUT2D eigenvalue weighted by Crippen LogP contribution is -2.12. The monoisotopic (exact) mass is 327 g/mol. The Morgan fingerprint density at radius 3 is 2.32 bits per heavy atom. The Bertz CT molecular complexity index is 1280. The standard InChI is InChI=1S/C23H21NO/c1-23(2,3)18-10-7-9-15-16-12-17-14-8-5-6-11-20(14)25-21(17)13-19(16)24(4)22(15)18/h5-13H,1-4H3. The highest BCUT2D eigenvalue weighted by molar-refractivity contribution is 6.17. The second kappa shape index (κ2) is 4.66. The van der Waals surface area contributed by atoms with Crippen molar-refractivity contribution >= 4 is 43.7 Å². The van der Waals surface area contributed by atoms with Crippen LogP contribution in [0.1, 0.15) is 26.3 Å². The van der Waals surface area contributed by atoms with Gasteiger partial charge in [-0.3, -0.25) is 0 Å². The molecule has 0 fully saturated rings. The number of fused-ring (bicyclic) bond motifs is 6. The van der Waals surface area contributed by atoms with Crippen molar-refractivity contribution in [2.24, 2.45) is 7.05 Å². The van der Waals surface area contributed by atoms with E-state index in [2.05, 4.69) is 74.9 Å². The van der Waals surface area contributed by atoms with Crippen molar-refractivity contribution < 1.29 is 4.42 Å². The zero-order valence-corrected chi connectivity index (χ0v) is 15.1. The molecule has 0 amide bonds.